The predicted octanol–water partition coefficient (Wildman–Crippen LogP) is 0.609. The largest absolute Gasteiger partial charge is 0.320 e. The molecule has 0 aliphatic carbocycles. The van der Waals surface area contributed by atoms with Gasteiger partial charge in [0, 0.05) is 6.42 Å². The minimum Gasteiger partial charge on any atom is -0.320 e. The number of hydrogen-bond acceptors (Lipinski definition) is 3. The fraction of sp³-hybridized carbons (Fsp3) is 0.333. The molecular formula is C12H16N2O2. The van der Waals surface area contributed by atoms with Crippen LogP contribution >= 0.6 is 0 Å². The third-order valence-corrected chi connectivity index (χ3v) is 2.16. The molecule has 0 saturated heterocycles. The Hall–Kier alpha value is -1.68. The van der Waals surface area contributed by atoms with Gasteiger partial charge in [-0.2, -0.15) is 0 Å². The zero-order chi connectivity index (χ0) is 12.0. The summed E-state index contributed by atoms with van der Waals surface area (Å²) in [5.41, 5.74) is 6.40. The van der Waals surface area contributed by atoms with Gasteiger partial charge in [-0.1, -0.05) is 30.3 Å². The molecule has 0 fully saturated rings. The lowest BCUT2D eigenvalue weighted by Crippen LogP contribution is -2.41. The van der Waals surface area contributed by atoms with E-state index in [1.165, 1.54) is 0 Å². The van der Waals surface area contributed by atoms with Gasteiger partial charge in [0.05, 0.1) is 6.04 Å². The van der Waals surface area contributed by atoms with E-state index in [0.29, 0.717) is 12.8 Å². The van der Waals surface area contributed by atoms with Crippen LogP contribution in [0.4, 0.5) is 0 Å². The minimum absolute atomic E-state index is 0.286. The number of nitrogens with two attached hydrogens (primary N) is 1. The molecule has 0 radical (unpaired) electrons. The first kappa shape index (κ1) is 12.4. The van der Waals surface area contributed by atoms with Gasteiger partial charge in [-0.05, 0) is 18.9 Å². The number of amides is 2. The number of aryl methyl sites for hydroxylation is 1. The van der Waals surface area contributed by atoms with Crippen molar-refractivity contribution < 1.29 is 9.59 Å². The normalized spacial score (nSPS) is 11.9. The van der Waals surface area contributed by atoms with Crippen molar-refractivity contribution in [3.63, 3.8) is 0 Å². The first-order chi connectivity index (χ1) is 7.59. The van der Waals surface area contributed by atoms with Gasteiger partial charge in [-0.3, -0.25) is 14.9 Å². The maximum absolute atomic E-state index is 11.3. The number of nitrogens with one attached hydrogen (secondary N) is 1. The van der Waals surface area contributed by atoms with Crippen molar-refractivity contribution in [1.29, 1.82) is 0 Å². The van der Waals surface area contributed by atoms with Crippen LogP contribution in [0.1, 0.15) is 18.9 Å². The minimum atomic E-state index is -0.652. The number of carbonyl (C=O) groups excluding carboxylic acids is 2. The number of carbonyl (C=O) groups is 2. The Labute approximate surface area is 94.8 Å². The van der Waals surface area contributed by atoms with Gasteiger partial charge in [0.15, 0.2) is 0 Å². The molecule has 3 N–H and O–H groups in total. The summed E-state index contributed by atoms with van der Waals surface area (Å²) in [6.45, 7) is 1.54. The van der Waals surface area contributed by atoms with Gasteiger partial charge in [0.1, 0.15) is 0 Å². The molecule has 0 heterocycles. The van der Waals surface area contributed by atoms with E-state index in [4.69, 9.17) is 5.73 Å². The lowest BCUT2D eigenvalue weighted by Gasteiger charge is -2.06. The maximum atomic E-state index is 11.3. The molecule has 4 nitrogen and oxygen atoms in total. The number of benzene rings is 1. The van der Waals surface area contributed by atoms with E-state index in [1.807, 2.05) is 30.3 Å². The van der Waals surface area contributed by atoms with E-state index in [0.717, 1.165) is 5.56 Å². The Balaban J connectivity index is 2.34. The van der Waals surface area contributed by atoms with Crippen molar-refractivity contribution in [1.82, 2.24) is 5.32 Å². The summed E-state index contributed by atoms with van der Waals surface area (Å²) in [6, 6.07) is 8.99. The number of hydrogen-bond donors (Lipinski definition) is 2. The molecule has 4 heteroatoms. The summed E-state index contributed by atoms with van der Waals surface area (Å²) in [7, 11) is 0. The molecule has 1 aromatic carbocycles. The average molecular weight is 220 g/mol. The van der Waals surface area contributed by atoms with Crippen LogP contribution in [0.5, 0.6) is 0 Å². The maximum Gasteiger partial charge on any atom is 0.243 e. The van der Waals surface area contributed by atoms with Crippen LogP contribution in [-0.4, -0.2) is 17.9 Å². The van der Waals surface area contributed by atoms with Crippen molar-refractivity contribution in [2.45, 2.75) is 25.8 Å². The van der Waals surface area contributed by atoms with E-state index >= 15 is 0 Å². The van der Waals surface area contributed by atoms with Crippen LogP contribution in [0.3, 0.4) is 0 Å². The summed E-state index contributed by atoms with van der Waals surface area (Å²) in [5.74, 6) is -0.718. The van der Waals surface area contributed by atoms with Crippen molar-refractivity contribution in [3.8, 4) is 0 Å². The Morgan fingerprint density at radius 2 is 1.94 bits per heavy atom. The van der Waals surface area contributed by atoms with Gasteiger partial charge in [-0.25, -0.2) is 0 Å². The van der Waals surface area contributed by atoms with Crippen molar-refractivity contribution >= 4 is 11.8 Å². The second-order valence-electron chi connectivity index (χ2n) is 3.69. The fourth-order valence-corrected chi connectivity index (χ4v) is 1.22. The SMILES string of the molecule is C[C@H](N)C(=O)NC(=O)CCc1ccccc1. The molecule has 86 valence electrons. The summed E-state index contributed by atoms with van der Waals surface area (Å²) in [6.07, 6.45) is 0.918. The van der Waals surface area contributed by atoms with Gasteiger partial charge in [-0.15, -0.1) is 0 Å². The highest BCUT2D eigenvalue weighted by molar-refractivity contribution is 5.97. The standard InChI is InChI=1S/C12H16N2O2/c1-9(13)12(16)14-11(15)8-7-10-5-3-2-4-6-10/h2-6,9H,7-8,13H2,1H3,(H,14,15,16)/t9-/m0/s1. The van der Waals surface area contributed by atoms with Crippen LogP contribution in [-0.2, 0) is 16.0 Å². The molecule has 0 saturated carbocycles. The molecule has 1 aromatic rings. The Bertz CT molecular complexity index is 361. The molecule has 0 unspecified atom stereocenters. The first-order valence-electron chi connectivity index (χ1n) is 5.23. The van der Waals surface area contributed by atoms with Gasteiger partial charge >= 0.3 is 0 Å². The molecule has 2 amide bonds. The van der Waals surface area contributed by atoms with E-state index in [9.17, 15) is 9.59 Å². The van der Waals surface area contributed by atoms with Crippen LogP contribution in [0.15, 0.2) is 30.3 Å². The van der Waals surface area contributed by atoms with Crippen LogP contribution in [0.25, 0.3) is 0 Å². The quantitative estimate of drug-likeness (QED) is 0.780. The molecule has 0 spiro atoms. The zero-order valence-corrected chi connectivity index (χ0v) is 9.27. The molecule has 0 aliphatic rings. The zero-order valence-electron chi connectivity index (χ0n) is 9.27. The molecule has 0 aliphatic heterocycles. The van der Waals surface area contributed by atoms with Crippen LogP contribution in [0, 0.1) is 0 Å². The monoisotopic (exact) mass is 220 g/mol. The van der Waals surface area contributed by atoms with Crippen LogP contribution in [0.2, 0.25) is 0 Å². The molecule has 1 rings (SSSR count). The summed E-state index contributed by atoms with van der Waals surface area (Å²) < 4.78 is 0. The van der Waals surface area contributed by atoms with Crippen molar-refractivity contribution in [2.24, 2.45) is 5.73 Å². The third kappa shape index (κ3) is 4.23. The first-order valence-corrected chi connectivity index (χ1v) is 5.23. The number of rotatable bonds is 4. The number of imide groups is 1. The third-order valence-electron chi connectivity index (χ3n) is 2.16. The Morgan fingerprint density at radius 3 is 2.50 bits per heavy atom. The van der Waals surface area contributed by atoms with E-state index in [-0.39, 0.29) is 5.91 Å². The van der Waals surface area contributed by atoms with Crippen LogP contribution < -0.4 is 11.1 Å². The van der Waals surface area contributed by atoms with Gasteiger partial charge < -0.3 is 5.73 Å². The Kier molecular flexibility index (Phi) is 4.66. The second-order valence-corrected chi connectivity index (χ2v) is 3.69. The van der Waals surface area contributed by atoms with Crippen molar-refractivity contribution in [3.05, 3.63) is 35.9 Å². The predicted molar refractivity (Wildman–Crippen MR) is 61.6 cm³/mol. The summed E-state index contributed by atoms with van der Waals surface area (Å²) in [5, 5.41) is 2.25. The lowest BCUT2D eigenvalue weighted by atomic mass is 10.1. The fourth-order valence-electron chi connectivity index (χ4n) is 1.22. The molecule has 0 bridgehead atoms. The summed E-state index contributed by atoms with van der Waals surface area (Å²) >= 11 is 0. The smallest absolute Gasteiger partial charge is 0.243 e. The van der Waals surface area contributed by atoms with Gasteiger partial charge in [0.25, 0.3) is 0 Å². The van der Waals surface area contributed by atoms with Crippen molar-refractivity contribution in [2.75, 3.05) is 0 Å². The average Bonchev–Trinajstić information content (AvgIpc) is 2.27. The highest BCUT2D eigenvalue weighted by Gasteiger charge is 2.11. The second kappa shape index (κ2) is 6.02. The highest BCUT2D eigenvalue weighted by atomic mass is 16.2. The Morgan fingerprint density at radius 1 is 1.31 bits per heavy atom. The topological polar surface area (TPSA) is 72.2 Å². The van der Waals surface area contributed by atoms with E-state index in [2.05, 4.69) is 5.32 Å². The van der Waals surface area contributed by atoms with E-state index < -0.39 is 11.9 Å². The molecular weight excluding hydrogens is 204 g/mol. The van der Waals surface area contributed by atoms with Gasteiger partial charge in [0.2, 0.25) is 11.8 Å². The molecule has 16 heavy (non-hydrogen) atoms. The van der Waals surface area contributed by atoms with E-state index in [1.54, 1.807) is 6.92 Å². The summed E-state index contributed by atoms with van der Waals surface area (Å²) in [4.78, 5) is 22.5. The molecule has 1 atom stereocenters. The lowest BCUT2D eigenvalue weighted by molar-refractivity contribution is -0.130. The highest BCUT2D eigenvalue weighted by Crippen LogP contribution is 2.01. The molecule has 0 aromatic heterocycles.